The van der Waals surface area contributed by atoms with Gasteiger partial charge in [0.15, 0.2) is 0 Å². The lowest BCUT2D eigenvalue weighted by atomic mass is 9.57. The molecule has 2 aromatic rings. The van der Waals surface area contributed by atoms with Crippen molar-refractivity contribution in [1.29, 1.82) is 0 Å². The minimum atomic E-state index is -0.696. The molecule has 5 rings (SSSR count). The molecule has 0 aliphatic heterocycles. The molecule has 5 heteroatoms. The van der Waals surface area contributed by atoms with Crippen LogP contribution in [0, 0.1) is 23.7 Å². The van der Waals surface area contributed by atoms with Crippen molar-refractivity contribution in [2.75, 3.05) is 10.6 Å². The summed E-state index contributed by atoms with van der Waals surface area (Å²) in [6.45, 7) is 4.86. The molecule has 2 aromatic carbocycles. The summed E-state index contributed by atoms with van der Waals surface area (Å²) in [5.41, 5.74) is 4.44. The van der Waals surface area contributed by atoms with Gasteiger partial charge in [-0.2, -0.15) is 0 Å². The average Bonchev–Trinajstić information content (AvgIpc) is 2.81. The van der Waals surface area contributed by atoms with Crippen LogP contribution in [0.4, 0.5) is 17.1 Å². The molecule has 0 radical (unpaired) electrons. The Morgan fingerprint density at radius 1 is 0.971 bits per heavy atom. The Morgan fingerprint density at radius 3 is 2.29 bits per heavy atom. The molecule has 0 saturated heterocycles. The van der Waals surface area contributed by atoms with E-state index in [1.807, 2.05) is 24.3 Å². The molecule has 3 saturated carbocycles. The number of hydrogen-bond acceptors (Lipinski definition) is 3. The molecule has 4 unspecified atom stereocenters. The number of carboxylic acids is 1. The van der Waals surface area contributed by atoms with Gasteiger partial charge in [-0.05, 0) is 110 Å². The third kappa shape index (κ3) is 5.48. The van der Waals surface area contributed by atoms with E-state index < -0.39 is 5.97 Å². The zero-order valence-electron chi connectivity index (χ0n) is 21.0. The quantitative estimate of drug-likeness (QED) is 0.378. The Hall–Kier alpha value is -2.20. The van der Waals surface area contributed by atoms with Crippen molar-refractivity contribution in [2.24, 2.45) is 23.7 Å². The van der Waals surface area contributed by atoms with Gasteiger partial charge in [0.2, 0.25) is 0 Å². The molecule has 188 valence electrons. The van der Waals surface area contributed by atoms with Gasteiger partial charge < -0.3 is 15.7 Å². The normalized spacial score (nSPS) is 32.6. The number of anilines is 3. The summed E-state index contributed by atoms with van der Waals surface area (Å²) >= 11 is 6.78. The molecule has 3 aliphatic carbocycles. The molecule has 3 aliphatic rings. The molecule has 35 heavy (non-hydrogen) atoms. The highest BCUT2D eigenvalue weighted by Gasteiger charge is 2.42. The van der Waals surface area contributed by atoms with E-state index in [0.717, 1.165) is 65.5 Å². The third-order valence-corrected chi connectivity index (χ3v) is 9.19. The molecule has 0 amide bonds. The lowest BCUT2D eigenvalue weighted by molar-refractivity contribution is -0.143. The van der Waals surface area contributed by atoms with Crippen LogP contribution in [0.1, 0.15) is 77.2 Å². The van der Waals surface area contributed by atoms with Crippen molar-refractivity contribution in [3.05, 3.63) is 53.1 Å². The number of carbonyl (C=O) groups is 1. The van der Waals surface area contributed by atoms with Crippen molar-refractivity contribution < 1.29 is 9.90 Å². The van der Waals surface area contributed by atoms with E-state index in [2.05, 4.69) is 42.7 Å². The van der Waals surface area contributed by atoms with Gasteiger partial charge in [0.1, 0.15) is 0 Å². The highest BCUT2D eigenvalue weighted by molar-refractivity contribution is 6.33. The number of benzene rings is 2. The standard InChI is InChI=1S/C30H39ClN2O2/c1-19-13-20-15-21(14-19)18-30(2,17-20)22-7-12-28(26(31)16-22)33-24-10-8-23(9-11-24)32-27-6-4-3-5-25(27)29(34)35/h7-12,16,19-21,25,27,32-33H,3-6,13-15,17-18H2,1-2H3,(H,34,35). The summed E-state index contributed by atoms with van der Waals surface area (Å²) < 4.78 is 0. The third-order valence-electron chi connectivity index (χ3n) is 8.88. The lowest BCUT2D eigenvalue weighted by Gasteiger charge is -2.47. The lowest BCUT2D eigenvalue weighted by Crippen LogP contribution is -2.38. The first-order valence-electron chi connectivity index (χ1n) is 13.5. The minimum Gasteiger partial charge on any atom is -0.481 e. The van der Waals surface area contributed by atoms with Gasteiger partial charge in [0.05, 0.1) is 16.6 Å². The van der Waals surface area contributed by atoms with Gasteiger partial charge in [0, 0.05) is 17.4 Å². The monoisotopic (exact) mass is 494 g/mol. The van der Waals surface area contributed by atoms with Gasteiger partial charge in [-0.3, -0.25) is 4.79 Å². The molecular weight excluding hydrogens is 456 g/mol. The first-order chi connectivity index (χ1) is 16.8. The van der Waals surface area contributed by atoms with Crippen LogP contribution in [0.15, 0.2) is 42.5 Å². The van der Waals surface area contributed by atoms with E-state index in [0.29, 0.717) is 0 Å². The van der Waals surface area contributed by atoms with Gasteiger partial charge in [0.25, 0.3) is 0 Å². The fourth-order valence-corrected chi connectivity index (χ4v) is 7.66. The van der Waals surface area contributed by atoms with Crippen molar-refractivity contribution in [3.8, 4) is 0 Å². The molecule has 0 heterocycles. The number of aliphatic carboxylic acids is 1. The molecular formula is C30H39ClN2O2. The van der Waals surface area contributed by atoms with Crippen molar-refractivity contribution >= 4 is 34.6 Å². The maximum atomic E-state index is 11.6. The highest BCUT2D eigenvalue weighted by atomic mass is 35.5. The Morgan fingerprint density at radius 2 is 1.63 bits per heavy atom. The number of fused-ring (bicyclic) bond motifs is 2. The molecule has 0 aromatic heterocycles. The summed E-state index contributed by atoms with van der Waals surface area (Å²) in [6.07, 6.45) is 10.4. The van der Waals surface area contributed by atoms with Crippen LogP contribution >= 0.6 is 11.6 Å². The summed E-state index contributed by atoms with van der Waals surface area (Å²) in [7, 11) is 0. The van der Waals surface area contributed by atoms with Crippen molar-refractivity contribution in [2.45, 2.75) is 83.1 Å². The van der Waals surface area contributed by atoms with E-state index in [4.69, 9.17) is 11.6 Å². The van der Waals surface area contributed by atoms with E-state index in [1.165, 1.54) is 37.7 Å². The number of nitrogens with one attached hydrogen (secondary N) is 2. The second kappa shape index (κ2) is 10.0. The minimum absolute atomic E-state index is 0.00838. The molecule has 0 spiro atoms. The predicted molar refractivity (Wildman–Crippen MR) is 145 cm³/mol. The average molecular weight is 495 g/mol. The summed E-state index contributed by atoms with van der Waals surface area (Å²) in [6, 6.07) is 14.6. The topological polar surface area (TPSA) is 61.4 Å². The SMILES string of the molecule is CC1CC2CC(C1)CC(C)(c1ccc(Nc3ccc(NC4CCCCC4C(=O)O)cc3)c(Cl)c1)C2. The second-order valence-corrected chi connectivity index (χ2v) is 12.3. The zero-order chi connectivity index (χ0) is 24.6. The Bertz CT molecular complexity index is 1030. The largest absolute Gasteiger partial charge is 0.481 e. The van der Waals surface area contributed by atoms with Gasteiger partial charge in [-0.15, -0.1) is 0 Å². The van der Waals surface area contributed by atoms with E-state index in [9.17, 15) is 9.90 Å². The molecule has 2 bridgehead atoms. The Balaban J connectivity index is 1.24. The van der Waals surface area contributed by atoms with Crippen molar-refractivity contribution in [3.63, 3.8) is 0 Å². The smallest absolute Gasteiger partial charge is 0.308 e. The zero-order valence-corrected chi connectivity index (χ0v) is 21.8. The molecule has 3 N–H and O–H groups in total. The number of rotatable bonds is 6. The Kier molecular flexibility index (Phi) is 7.03. The van der Waals surface area contributed by atoms with Crippen LogP contribution in [0.2, 0.25) is 5.02 Å². The molecule has 3 fully saturated rings. The summed E-state index contributed by atoms with van der Waals surface area (Å²) in [4.78, 5) is 11.6. The number of hydrogen-bond donors (Lipinski definition) is 3. The van der Waals surface area contributed by atoms with E-state index in [1.54, 1.807) is 0 Å². The number of halogens is 1. The fourth-order valence-electron chi connectivity index (χ4n) is 7.44. The predicted octanol–water partition coefficient (Wildman–Crippen LogP) is 8.24. The van der Waals surface area contributed by atoms with Crippen LogP contribution in [0.3, 0.4) is 0 Å². The fraction of sp³-hybridized carbons (Fsp3) is 0.567. The first-order valence-corrected chi connectivity index (χ1v) is 13.8. The maximum absolute atomic E-state index is 11.6. The van der Waals surface area contributed by atoms with Crippen LogP contribution in [0.25, 0.3) is 0 Å². The van der Waals surface area contributed by atoms with Gasteiger partial charge >= 0.3 is 5.97 Å². The first kappa shape index (κ1) is 24.5. The maximum Gasteiger partial charge on any atom is 0.308 e. The van der Waals surface area contributed by atoms with Crippen LogP contribution in [-0.2, 0) is 10.2 Å². The van der Waals surface area contributed by atoms with Gasteiger partial charge in [-0.25, -0.2) is 0 Å². The Labute approximate surface area is 214 Å². The highest BCUT2D eigenvalue weighted by Crippen LogP contribution is 2.51. The van der Waals surface area contributed by atoms with Crippen molar-refractivity contribution in [1.82, 2.24) is 0 Å². The molecule has 4 atom stereocenters. The van der Waals surface area contributed by atoms with E-state index >= 15 is 0 Å². The van der Waals surface area contributed by atoms with Gasteiger partial charge in [-0.1, -0.05) is 44.4 Å². The number of carboxylic acid groups (broad SMARTS) is 1. The van der Waals surface area contributed by atoms with E-state index in [-0.39, 0.29) is 17.4 Å². The van der Waals surface area contributed by atoms with Crippen LogP contribution in [0.5, 0.6) is 0 Å². The van der Waals surface area contributed by atoms with Crippen LogP contribution in [-0.4, -0.2) is 17.1 Å². The van der Waals surface area contributed by atoms with Crippen LogP contribution < -0.4 is 10.6 Å². The summed E-state index contributed by atoms with van der Waals surface area (Å²) in [5, 5.41) is 17.2. The summed E-state index contributed by atoms with van der Waals surface area (Å²) in [5.74, 6) is 1.57. The molecule has 4 nitrogen and oxygen atoms in total. The second-order valence-electron chi connectivity index (χ2n) is 11.9.